The number of nitrogens with zero attached hydrogens (tertiary/aromatic N) is 2. The molecular weight excluding hydrogens is 386 g/mol. The topological polar surface area (TPSA) is 56.4 Å². The van der Waals surface area contributed by atoms with Crippen molar-refractivity contribution in [1.82, 2.24) is 14.8 Å². The monoisotopic (exact) mass is 417 g/mol. The van der Waals surface area contributed by atoms with Gasteiger partial charge in [0.1, 0.15) is 0 Å². The van der Waals surface area contributed by atoms with E-state index >= 15 is 0 Å². The number of carbonyl (C=O) groups is 2. The molecule has 162 valence electrons. The number of fused-ring (bicyclic) bond motifs is 1. The van der Waals surface area contributed by atoms with Gasteiger partial charge in [0.15, 0.2) is 0 Å². The van der Waals surface area contributed by atoms with E-state index in [0.29, 0.717) is 39.0 Å². The van der Waals surface area contributed by atoms with Crippen LogP contribution in [0.3, 0.4) is 0 Å². The minimum Gasteiger partial charge on any atom is -0.361 e. The SMILES string of the molecule is O=C(CCCc1ccccc1)N1CCN(C(=O)CCCc2c[nH]c3ccccc23)CC1. The molecule has 1 aromatic heterocycles. The van der Waals surface area contributed by atoms with Crippen LogP contribution in [0, 0.1) is 0 Å². The van der Waals surface area contributed by atoms with E-state index in [9.17, 15) is 9.59 Å². The number of nitrogens with one attached hydrogen (secondary N) is 1. The van der Waals surface area contributed by atoms with E-state index in [1.807, 2.05) is 40.1 Å². The van der Waals surface area contributed by atoms with Gasteiger partial charge in [-0.25, -0.2) is 0 Å². The van der Waals surface area contributed by atoms with E-state index in [1.165, 1.54) is 16.5 Å². The molecule has 0 aliphatic carbocycles. The van der Waals surface area contributed by atoms with Gasteiger partial charge in [-0.15, -0.1) is 0 Å². The Hall–Kier alpha value is -3.08. The Balaban J connectivity index is 1.15. The van der Waals surface area contributed by atoms with Crippen molar-refractivity contribution < 1.29 is 9.59 Å². The second-order valence-corrected chi connectivity index (χ2v) is 8.31. The van der Waals surface area contributed by atoms with Crippen molar-refractivity contribution >= 4 is 22.7 Å². The lowest BCUT2D eigenvalue weighted by Crippen LogP contribution is -2.50. The van der Waals surface area contributed by atoms with Crippen molar-refractivity contribution in [3.05, 3.63) is 71.9 Å². The number of H-pyrrole nitrogens is 1. The van der Waals surface area contributed by atoms with Gasteiger partial charge in [0.2, 0.25) is 11.8 Å². The van der Waals surface area contributed by atoms with Gasteiger partial charge in [-0.1, -0.05) is 48.5 Å². The van der Waals surface area contributed by atoms with Gasteiger partial charge in [0.25, 0.3) is 0 Å². The lowest BCUT2D eigenvalue weighted by atomic mass is 10.1. The fourth-order valence-electron chi connectivity index (χ4n) is 4.38. The molecular formula is C26H31N3O2. The number of hydrogen-bond acceptors (Lipinski definition) is 2. The molecule has 1 aliphatic rings. The molecule has 5 nitrogen and oxygen atoms in total. The van der Waals surface area contributed by atoms with E-state index in [2.05, 4.69) is 35.4 Å². The smallest absolute Gasteiger partial charge is 0.222 e. The van der Waals surface area contributed by atoms with Gasteiger partial charge in [0, 0.05) is 56.1 Å². The summed E-state index contributed by atoms with van der Waals surface area (Å²) in [6.07, 6.45) is 6.74. The summed E-state index contributed by atoms with van der Waals surface area (Å²) in [7, 11) is 0. The number of amides is 2. The summed E-state index contributed by atoms with van der Waals surface area (Å²) in [5, 5.41) is 1.24. The Kier molecular flexibility index (Phi) is 7.03. The van der Waals surface area contributed by atoms with Crippen molar-refractivity contribution in [3.63, 3.8) is 0 Å². The molecule has 1 N–H and O–H groups in total. The first-order chi connectivity index (χ1) is 15.2. The lowest BCUT2D eigenvalue weighted by Gasteiger charge is -2.35. The number of hydrogen-bond donors (Lipinski definition) is 1. The second-order valence-electron chi connectivity index (χ2n) is 8.31. The summed E-state index contributed by atoms with van der Waals surface area (Å²) >= 11 is 0. The molecule has 5 heteroatoms. The summed E-state index contributed by atoms with van der Waals surface area (Å²) < 4.78 is 0. The predicted octanol–water partition coefficient (Wildman–Crippen LogP) is 4.18. The summed E-state index contributed by atoms with van der Waals surface area (Å²) in [5.74, 6) is 0.415. The Morgan fingerprint density at radius 1 is 0.742 bits per heavy atom. The number of benzene rings is 2. The highest BCUT2D eigenvalue weighted by atomic mass is 16.2. The fraction of sp³-hybridized carbons (Fsp3) is 0.385. The highest BCUT2D eigenvalue weighted by molar-refractivity contribution is 5.83. The zero-order valence-electron chi connectivity index (χ0n) is 18.1. The minimum absolute atomic E-state index is 0.205. The Morgan fingerprint density at radius 3 is 2.00 bits per heavy atom. The van der Waals surface area contributed by atoms with Crippen molar-refractivity contribution in [2.24, 2.45) is 0 Å². The zero-order valence-corrected chi connectivity index (χ0v) is 18.1. The Labute approximate surface area is 184 Å². The van der Waals surface area contributed by atoms with E-state index in [4.69, 9.17) is 0 Å². The molecule has 3 aromatic rings. The molecule has 2 heterocycles. The molecule has 0 atom stereocenters. The first-order valence-electron chi connectivity index (χ1n) is 11.3. The van der Waals surface area contributed by atoms with E-state index in [1.54, 1.807) is 0 Å². The Bertz CT molecular complexity index is 1000. The normalized spacial score (nSPS) is 14.2. The van der Waals surface area contributed by atoms with Crippen molar-refractivity contribution in [3.8, 4) is 0 Å². The van der Waals surface area contributed by atoms with Crippen LogP contribution in [0.15, 0.2) is 60.8 Å². The highest BCUT2D eigenvalue weighted by Crippen LogP contribution is 2.20. The fourth-order valence-corrected chi connectivity index (χ4v) is 4.38. The van der Waals surface area contributed by atoms with E-state index in [0.717, 1.165) is 31.2 Å². The van der Waals surface area contributed by atoms with Crippen LogP contribution in [-0.4, -0.2) is 52.8 Å². The molecule has 1 aliphatic heterocycles. The number of carbonyl (C=O) groups excluding carboxylic acids is 2. The number of rotatable bonds is 8. The molecule has 1 fully saturated rings. The minimum atomic E-state index is 0.205. The van der Waals surface area contributed by atoms with Crippen molar-refractivity contribution in [1.29, 1.82) is 0 Å². The molecule has 4 rings (SSSR count). The maximum Gasteiger partial charge on any atom is 0.222 e. The first kappa shape index (κ1) is 21.2. The third-order valence-corrected chi connectivity index (χ3v) is 6.20. The first-order valence-corrected chi connectivity index (χ1v) is 11.3. The quantitative estimate of drug-likeness (QED) is 0.598. The molecule has 31 heavy (non-hydrogen) atoms. The van der Waals surface area contributed by atoms with E-state index < -0.39 is 0 Å². The molecule has 0 spiro atoms. The van der Waals surface area contributed by atoms with Crippen LogP contribution in [0.1, 0.15) is 36.8 Å². The summed E-state index contributed by atoms with van der Waals surface area (Å²) in [5.41, 5.74) is 3.70. The molecule has 0 unspecified atom stereocenters. The number of aryl methyl sites for hydroxylation is 2. The highest BCUT2D eigenvalue weighted by Gasteiger charge is 2.23. The molecule has 2 aromatic carbocycles. The molecule has 0 radical (unpaired) electrons. The standard InChI is InChI=1S/C26H31N3O2/c30-25(14-6-10-21-8-2-1-3-9-21)28-16-18-29(19-17-28)26(31)15-7-11-22-20-27-24-13-5-4-12-23(22)24/h1-5,8-9,12-13,20,27H,6-7,10-11,14-19H2. The number of piperazine rings is 1. The second kappa shape index (κ2) is 10.3. The number of aromatic nitrogens is 1. The predicted molar refractivity (Wildman–Crippen MR) is 124 cm³/mol. The van der Waals surface area contributed by atoms with Crippen molar-refractivity contribution in [2.75, 3.05) is 26.2 Å². The van der Waals surface area contributed by atoms with Gasteiger partial charge < -0.3 is 14.8 Å². The van der Waals surface area contributed by atoms with E-state index in [-0.39, 0.29) is 11.8 Å². The third-order valence-electron chi connectivity index (χ3n) is 6.20. The molecule has 2 amide bonds. The largest absolute Gasteiger partial charge is 0.361 e. The van der Waals surface area contributed by atoms with Crippen LogP contribution in [0.4, 0.5) is 0 Å². The third kappa shape index (κ3) is 5.54. The van der Waals surface area contributed by atoms with Crippen LogP contribution in [-0.2, 0) is 22.4 Å². The average molecular weight is 418 g/mol. The van der Waals surface area contributed by atoms with Gasteiger partial charge >= 0.3 is 0 Å². The maximum atomic E-state index is 12.6. The van der Waals surface area contributed by atoms with Gasteiger partial charge in [-0.05, 0) is 42.9 Å². The van der Waals surface area contributed by atoms with Gasteiger partial charge in [-0.2, -0.15) is 0 Å². The zero-order chi connectivity index (χ0) is 21.5. The van der Waals surface area contributed by atoms with Crippen LogP contribution in [0.2, 0.25) is 0 Å². The van der Waals surface area contributed by atoms with Crippen LogP contribution in [0.5, 0.6) is 0 Å². The Morgan fingerprint density at radius 2 is 1.32 bits per heavy atom. The van der Waals surface area contributed by atoms with Crippen LogP contribution in [0.25, 0.3) is 10.9 Å². The average Bonchev–Trinajstić information content (AvgIpc) is 3.23. The molecule has 0 saturated carbocycles. The van der Waals surface area contributed by atoms with Crippen LogP contribution >= 0.6 is 0 Å². The van der Waals surface area contributed by atoms with Crippen molar-refractivity contribution in [2.45, 2.75) is 38.5 Å². The lowest BCUT2D eigenvalue weighted by molar-refractivity contribution is -0.139. The summed E-state index contributed by atoms with van der Waals surface area (Å²) in [4.78, 5) is 32.2. The number of para-hydroxylation sites is 1. The van der Waals surface area contributed by atoms with Crippen LogP contribution < -0.4 is 0 Å². The molecule has 1 saturated heterocycles. The molecule has 0 bridgehead atoms. The summed E-state index contributed by atoms with van der Waals surface area (Å²) in [6, 6.07) is 18.6. The number of aromatic amines is 1. The van der Waals surface area contributed by atoms with Gasteiger partial charge in [0.05, 0.1) is 0 Å². The van der Waals surface area contributed by atoms with Gasteiger partial charge in [-0.3, -0.25) is 9.59 Å². The maximum absolute atomic E-state index is 12.6. The summed E-state index contributed by atoms with van der Waals surface area (Å²) in [6.45, 7) is 2.60.